The van der Waals surface area contributed by atoms with Gasteiger partial charge >= 0.3 is 121 Å². The molecule has 0 fully saturated rings. The van der Waals surface area contributed by atoms with Gasteiger partial charge in [0.05, 0.1) is 5.56 Å². The molecule has 0 aliphatic carbocycles. The van der Waals surface area contributed by atoms with Gasteiger partial charge in [-0.05, 0) is 72.8 Å². The van der Waals surface area contributed by atoms with Crippen LogP contribution in [-0.2, 0) is 9.59 Å². The number of carboxylic acid groups (broad SMARTS) is 1. The van der Waals surface area contributed by atoms with Gasteiger partial charge in [0.15, 0.2) is 14.3 Å². The second-order valence-corrected chi connectivity index (χ2v) is 18.2. The number of halogens is 14. The van der Waals surface area contributed by atoms with E-state index >= 15 is 0 Å². The second-order valence-electron chi connectivity index (χ2n) is 8.31. The minimum atomic E-state index is -10.7. The zero-order valence-corrected chi connectivity index (χ0v) is 28.7. The molecular weight excluding hydrogens is 936 g/mol. The van der Waals surface area contributed by atoms with Crippen LogP contribution in [-0.4, -0.2) is 17.2 Å². The first-order chi connectivity index (χ1) is 21.0. The van der Waals surface area contributed by atoms with Crippen LogP contribution in [0.3, 0.4) is 0 Å². The molecule has 0 spiro atoms. The largest absolute Gasteiger partial charge is 0.478 e. The number of rotatable bonds is 7. The molecule has 0 bridgehead atoms. The Morgan fingerprint density at radius 3 is 1.21 bits per heavy atom. The fourth-order valence-corrected chi connectivity index (χ4v) is 7.21. The van der Waals surface area contributed by atoms with Gasteiger partial charge in [0.25, 0.3) is 0 Å². The average Bonchev–Trinajstić information content (AvgIpc) is 2.89. The molecule has 0 aliphatic rings. The molecule has 0 amide bonds. The van der Waals surface area contributed by atoms with Crippen molar-refractivity contribution in [1.82, 2.24) is 0 Å². The Balaban J connectivity index is 0.000000537. The van der Waals surface area contributed by atoms with Crippen molar-refractivity contribution in [2.75, 3.05) is 0 Å². The van der Waals surface area contributed by atoms with Crippen LogP contribution < -0.4 is 47.1 Å². The van der Waals surface area contributed by atoms with Crippen LogP contribution in [0.5, 0.6) is 11.5 Å². The number of ether oxygens (including phenoxy) is 1. The van der Waals surface area contributed by atoms with E-state index in [0.717, 1.165) is 15.1 Å². The zero-order valence-electron chi connectivity index (χ0n) is 22.6. The summed E-state index contributed by atoms with van der Waals surface area (Å²) in [4.78, 5) is 27.4. The number of hydrogen-bond acceptors (Lipinski definition) is 4. The molecule has 0 saturated heterocycles. The summed E-state index contributed by atoms with van der Waals surface area (Å²) in [7, 11) is -21.3. The molecule has 260 valence electrons. The van der Waals surface area contributed by atoms with Crippen molar-refractivity contribution in [2.45, 2.75) is 0 Å². The van der Waals surface area contributed by atoms with E-state index in [0.29, 0.717) is 5.56 Å². The van der Waals surface area contributed by atoms with Crippen molar-refractivity contribution < 1.29 is 117 Å². The molecule has 0 atom stereocenters. The van der Waals surface area contributed by atoms with E-state index in [1.807, 2.05) is 36.4 Å². The van der Waals surface area contributed by atoms with Gasteiger partial charge in [0.2, 0.25) is 0 Å². The normalized spacial score (nSPS) is 13.8. The predicted octanol–water partition coefficient (Wildman–Crippen LogP) is 5.62. The third kappa shape index (κ3) is 27.8. The van der Waals surface area contributed by atoms with E-state index in [1.54, 1.807) is 18.2 Å². The molecule has 0 aromatic heterocycles. The summed E-state index contributed by atoms with van der Waals surface area (Å²) in [6, 6.07) is 34.2. The number of hydrogen-bond donors (Lipinski definition) is 1. The number of carboxylic acids is 1. The van der Waals surface area contributed by atoms with E-state index in [2.05, 4.69) is 48.5 Å². The fourth-order valence-electron chi connectivity index (χ4n) is 2.68. The molecular formula is C26H18F12I2O5P2. The first kappa shape index (κ1) is 42.0. The van der Waals surface area contributed by atoms with Crippen molar-refractivity contribution in [2.24, 2.45) is 0 Å². The Kier molecular flexibility index (Phi) is 13.1. The third-order valence-corrected chi connectivity index (χ3v) is 9.42. The summed E-state index contributed by atoms with van der Waals surface area (Å²) < 4.78 is 129. The van der Waals surface area contributed by atoms with Crippen LogP contribution in [0, 0.1) is 14.3 Å². The summed E-state index contributed by atoms with van der Waals surface area (Å²) >= 11 is -0.601. The monoisotopic (exact) mass is 954 g/mol. The molecule has 0 saturated carbocycles. The predicted molar refractivity (Wildman–Crippen MR) is 140 cm³/mol. The van der Waals surface area contributed by atoms with Crippen LogP contribution in [0.2, 0.25) is 0 Å². The van der Waals surface area contributed by atoms with Gasteiger partial charge in [-0.1, -0.05) is 24.3 Å². The Hall–Kier alpha value is -2.99. The van der Waals surface area contributed by atoms with E-state index in [4.69, 9.17) is 19.4 Å². The minimum absolute atomic E-state index is 0.169. The molecule has 4 aromatic rings. The maximum atomic E-state index is 11.1. The van der Waals surface area contributed by atoms with Gasteiger partial charge in [0.1, 0.15) is 11.5 Å². The summed E-state index contributed by atoms with van der Waals surface area (Å²) in [5.74, 6) is 0.737. The van der Waals surface area contributed by atoms with E-state index in [1.165, 1.54) is 10.7 Å². The molecule has 0 heterocycles. The molecule has 4 aromatic carbocycles. The first-order valence-corrected chi connectivity index (χ1v) is 20.0. The Morgan fingerprint density at radius 1 is 0.532 bits per heavy atom. The minimum Gasteiger partial charge on any atom is -0.478 e. The summed E-state index contributed by atoms with van der Waals surface area (Å²) in [5, 5.41) is 9.14. The summed E-state index contributed by atoms with van der Waals surface area (Å²) in [6.45, 7) is 0. The molecule has 4 rings (SSSR count). The maximum absolute atomic E-state index is 11.1. The van der Waals surface area contributed by atoms with Crippen molar-refractivity contribution >= 4 is 27.7 Å². The molecule has 5 nitrogen and oxygen atoms in total. The first-order valence-electron chi connectivity index (χ1n) is 11.7. The van der Waals surface area contributed by atoms with Gasteiger partial charge < -0.3 is 9.84 Å². The topological polar surface area (TPSA) is 80.7 Å². The SMILES string of the molecule is F[P-](F)(F)(F)(F)F.F[P-](F)(F)(F)(F)F.O=C(O)c1cccc([I+]c2ccc(Oc3ccc([I+]c4ccccc4)cc3)cc2)c1.O=C=O. The molecule has 21 heteroatoms. The fraction of sp³-hybridized carbons (Fsp3) is 0. The van der Waals surface area contributed by atoms with E-state index in [9.17, 15) is 55.2 Å². The molecule has 0 unspecified atom stereocenters. The standard InChI is InChI=1S/C25H17I2O3.CO2.2F6P/c28-25(29)18-5-4-8-22(17-18)27-21-11-15-24(16-12-21)30-23-13-9-20(10-14-23)26-19-6-2-1-3-7-19;2-1-3;2*1-7(2,3,4,5)6/h1-17H;;;/q+1;;2*-1/p+1. The van der Waals surface area contributed by atoms with Crippen molar-refractivity contribution in [3.8, 4) is 11.5 Å². The third-order valence-electron chi connectivity index (χ3n) is 4.10. The Labute approximate surface area is 277 Å². The smallest absolute Gasteiger partial charge is 0.373 e. The van der Waals surface area contributed by atoms with Crippen LogP contribution >= 0.6 is 15.6 Å². The maximum Gasteiger partial charge on any atom is 0.373 e. The van der Waals surface area contributed by atoms with Crippen LogP contribution in [0.25, 0.3) is 0 Å². The number of benzene rings is 4. The van der Waals surface area contributed by atoms with Crippen LogP contribution in [0.15, 0.2) is 103 Å². The molecule has 0 aliphatic heterocycles. The molecule has 1 N–H and O–H groups in total. The van der Waals surface area contributed by atoms with Crippen molar-refractivity contribution in [1.29, 1.82) is 0 Å². The number of carbonyl (C=O) groups is 1. The van der Waals surface area contributed by atoms with Gasteiger partial charge in [-0.3, -0.25) is 0 Å². The van der Waals surface area contributed by atoms with Gasteiger partial charge in [0, 0.05) is 6.07 Å². The molecule has 0 radical (unpaired) electrons. The number of carbonyl (C=O) groups excluding carboxylic acids is 2. The number of aromatic carboxylic acids is 1. The van der Waals surface area contributed by atoms with E-state index in [-0.39, 0.29) is 27.4 Å². The summed E-state index contributed by atoms with van der Waals surface area (Å²) in [5.41, 5.74) is 0.338. The van der Waals surface area contributed by atoms with Crippen molar-refractivity contribution in [3.05, 3.63) is 123 Å². The summed E-state index contributed by atoms with van der Waals surface area (Å²) in [6.07, 6.45) is 0.250. The molecule has 47 heavy (non-hydrogen) atoms. The zero-order chi connectivity index (χ0) is 36.3. The van der Waals surface area contributed by atoms with Gasteiger partial charge in [-0.2, -0.15) is 9.59 Å². The Bertz CT molecular complexity index is 1620. The van der Waals surface area contributed by atoms with Crippen LogP contribution in [0.4, 0.5) is 50.4 Å². The van der Waals surface area contributed by atoms with E-state index < -0.39 is 42.8 Å². The van der Waals surface area contributed by atoms with Gasteiger partial charge in [-0.25, -0.2) is 4.79 Å². The van der Waals surface area contributed by atoms with Crippen molar-refractivity contribution in [3.63, 3.8) is 0 Å². The second kappa shape index (κ2) is 14.6. The Morgan fingerprint density at radius 2 is 0.851 bits per heavy atom. The van der Waals surface area contributed by atoms with Gasteiger partial charge in [-0.15, -0.1) is 0 Å². The quantitative estimate of drug-likeness (QED) is 0.148. The average molecular weight is 954 g/mol. The van der Waals surface area contributed by atoms with Crippen LogP contribution in [0.1, 0.15) is 10.4 Å².